The predicted molar refractivity (Wildman–Crippen MR) is 78.1 cm³/mol. The maximum absolute atomic E-state index is 10.8. The van der Waals surface area contributed by atoms with Crippen molar-refractivity contribution in [3.05, 3.63) is 32.2 Å². The Kier molecular flexibility index (Phi) is 3.61. The fourth-order valence-corrected chi connectivity index (χ4v) is 3.85. The van der Waals surface area contributed by atoms with Crippen LogP contribution in [0.5, 0.6) is 0 Å². The van der Waals surface area contributed by atoms with Gasteiger partial charge in [-0.2, -0.15) is 0 Å². The van der Waals surface area contributed by atoms with Crippen LogP contribution in [0.4, 0.5) is 0 Å². The monoisotopic (exact) mass is 356 g/mol. The van der Waals surface area contributed by atoms with Crippen molar-refractivity contribution in [2.45, 2.75) is 19.5 Å². The summed E-state index contributed by atoms with van der Waals surface area (Å²) >= 11 is 5.32. The van der Waals surface area contributed by atoms with Gasteiger partial charge < -0.3 is 5.11 Å². The van der Waals surface area contributed by atoms with Gasteiger partial charge in [-0.3, -0.25) is 4.90 Å². The molecule has 20 heavy (non-hydrogen) atoms. The Labute approximate surface area is 128 Å². The van der Waals surface area contributed by atoms with Crippen LogP contribution in [0.25, 0.3) is 0 Å². The zero-order chi connectivity index (χ0) is 14.3. The molecule has 0 spiro atoms. The number of aryl methyl sites for hydroxylation is 1. The van der Waals surface area contributed by atoms with E-state index in [1.54, 1.807) is 16.0 Å². The lowest BCUT2D eigenvalue weighted by atomic mass is 10.1. The molecule has 0 radical (unpaired) electrons. The number of hydrogen-bond donors (Lipinski definition) is 1. The minimum Gasteiger partial charge on any atom is -0.476 e. The summed E-state index contributed by atoms with van der Waals surface area (Å²) in [5.74, 6) is -1.04. The smallest absolute Gasteiger partial charge is 0.358 e. The van der Waals surface area contributed by atoms with Crippen LogP contribution in [0.2, 0.25) is 0 Å². The van der Waals surface area contributed by atoms with E-state index in [9.17, 15) is 4.79 Å². The molecule has 1 N–H and O–H groups in total. The molecule has 0 saturated carbocycles. The number of aromatic nitrogens is 3. The first-order valence-corrected chi connectivity index (χ1v) is 7.76. The number of carboxylic acids is 1. The van der Waals surface area contributed by atoms with Crippen LogP contribution in [0.1, 0.15) is 26.3 Å². The highest BCUT2D eigenvalue weighted by atomic mass is 79.9. The van der Waals surface area contributed by atoms with Crippen LogP contribution in [0.3, 0.4) is 0 Å². The number of thiophene rings is 1. The van der Waals surface area contributed by atoms with E-state index in [0.29, 0.717) is 0 Å². The van der Waals surface area contributed by atoms with Crippen molar-refractivity contribution in [1.82, 2.24) is 19.9 Å². The molecule has 106 valence electrons. The molecule has 0 bridgehead atoms. The third-order valence-electron chi connectivity index (χ3n) is 3.33. The molecule has 2 aromatic heterocycles. The van der Waals surface area contributed by atoms with Gasteiger partial charge in [-0.15, -0.1) is 16.4 Å². The van der Waals surface area contributed by atoms with Gasteiger partial charge in [-0.05, 0) is 28.9 Å². The Morgan fingerprint density at radius 1 is 1.60 bits per heavy atom. The van der Waals surface area contributed by atoms with E-state index in [1.165, 1.54) is 16.0 Å². The van der Waals surface area contributed by atoms with Gasteiger partial charge in [0.1, 0.15) is 0 Å². The number of likely N-dealkylation sites (tertiary alicyclic amines) is 1. The highest BCUT2D eigenvalue weighted by Crippen LogP contribution is 2.30. The van der Waals surface area contributed by atoms with Crippen molar-refractivity contribution in [2.75, 3.05) is 13.1 Å². The Morgan fingerprint density at radius 3 is 2.90 bits per heavy atom. The molecule has 0 aliphatic carbocycles. The summed E-state index contributed by atoms with van der Waals surface area (Å²) < 4.78 is 2.81. The highest BCUT2D eigenvalue weighted by molar-refractivity contribution is 9.10. The lowest BCUT2D eigenvalue weighted by molar-refractivity contribution is 0.0690. The summed E-state index contributed by atoms with van der Waals surface area (Å²) in [4.78, 5) is 15.7. The van der Waals surface area contributed by atoms with E-state index in [0.717, 1.165) is 24.1 Å². The molecule has 0 aromatic carbocycles. The molecule has 3 heterocycles. The van der Waals surface area contributed by atoms with Crippen molar-refractivity contribution in [2.24, 2.45) is 0 Å². The van der Waals surface area contributed by atoms with Crippen molar-refractivity contribution < 1.29 is 9.90 Å². The van der Waals surface area contributed by atoms with Gasteiger partial charge in [0.15, 0.2) is 5.69 Å². The molecule has 2 aromatic rings. The lowest BCUT2D eigenvalue weighted by Crippen LogP contribution is -2.47. The van der Waals surface area contributed by atoms with Crippen LogP contribution < -0.4 is 0 Å². The second-order valence-corrected chi connectivity index (χ2v) is 7.05. The standard InChI is InChI=1S/C12H13BrN4O2S/c1-7-10(13)2-9(20-7)5-16-3-8(4-16)17-6-11(12(18)19)14-15-17/h2,6,8H,3-5H2,1H3,(H,18,19). The largest absolute Gasteiger partial charge is 0.476 e. The first-order valence-electron chi connectivity index (χ1n) is 6.15. The first kappa shape index (κ1) is 13.7. The number of carbonyl (C=O) groups is 1. The van der Waals surface area contributed by atoms with Crippen LogP contribution in [-0.4, -0.2) is 44.1 Å². The molecule has 0 unspecified atom stereocenters. The van der Waals surface area contributed by atoms with Crippen LogP contribution in [0.15, 0.2) is 16.7 Å². The molecule has 1 saturated heterocycles. The van der Waals surface area contributed by atoms with Crippen LogP contribution in [-0.2, 0) is 6.54 Å². The number of nitrogens with zero attached hydrogens (tertiary/aromatic N) is 4. The number of halogens is 1. The van der Waals surface area contributed by atoms with Gasteiger partial charge in [0, 0.05) is 33.9 Å². The van der Waals surface area contributed by atoms with Crippen LogP contribution >= 0.6 is 27.3 Å². The van der Waals surface area contributed by atoms with Crippen molar-refractivity contribution >= 4 is 33.2 Å². The second-order valence-electron chi connectivity index (χ2n) is 4.85. The third kappa shape index (κ3) is 2.63. The first-order chi connectivity index (χ1) is 9.52. The van der Waals surface area contributed by atoms with Gasteiger partial charge >= 0.3 is 5.97 Å². The summed E-state index contributed by atoms with van der Waals surface area (Å²) in [6.45, 7) is 4.77. The zero-order valence-electron chi connectivity index (χ0n) is 10.8. The summed E-state index contributed by atoms with van der Waals surface area (Å²) in [6.07, 6.45) is 1.50. The lowest BCUT2D eigenvalue weighted by Gasteiger charge is -2.38. The number of hydrogen-bond acceptors (Lipinski definition) is 5. The maximum Gasteiger partial charge on any atom is 0.358 e. The van der Waals surface area contributed by atoms with E-state index in [-0.39, 0.29) is 11.7 Å². The van der Waals surface area contributed by atoms with Gasteiger partial charge in [0.2, 0.25) is 0 Å². The summed E-state index contributed by atoms with van der Waals surface area (Å²) in [7, 11) is 0. The van der Waals surface area contributed by atoms with E-state index < -0.39 is 5.97 Å². The molecule has 0 atom stereocenters. The predicted octanol–water partition coefficient (Wildman–Crippen LogP) is 2.17. The molecular weight excluding hydrogens is 344 g/mol. The van der Waals surface area contributed by atoms with E-state index in [4.69, 9.17) is 5.11 Å². The quantitative estimate of drug-likeness (QED) is 0.908. The molecule has 6 nitrogen and oxygen atoms in total. The number of carboxylic acid groups (broad SMARTS) is 1. The average molecular weight is 357 g/mol. The third-order valence-corrected chi connectivity index (χ3v) is 5.45. The van der Waals surface area contributed by atoms with Gasteiger partial charge in [0.25, 0.3) is 0 Å². The van der Waals surface area contributed by atoms with Crippen molar-refractivity contribution in [3.8, 4) is 0 Å². The van der Waals surface area contributed by atoms with Crippen LogP contribution in [0, 0.1) is 6.92 Å². The summed E-state index contributed by atoms with van der Waals surface area (Å²) in [5, 5.41) is 16.3. The Hall–Kier alpha value is -1.25. The van der Waals surface area contributed by atoms with E-state index >= 15 is 0 Å². The molecule has 1 aliphatic rings. The molecule has 1 aliphatic heterocycles. The minimum atomic E-state index is -1.04. The average Bonchev–Trinajstić information content (AvgIpc) is 2.92. The molecule has 8 heteroatoms. The van der Waals surface area contributed by atoms with Gasteiger partial charge in [0.05, 0.1) is 12.2 Å². The van der Waals surface area contributed by atoms with Gasteiger partial charge in [-0.25, -0.2) is 9.48 Å². The molecular formula is C12H13BrN4O2S. The second kappa shape index (κ2) is 5.27. The zero-order valence-corrected chi connectivity index (χ0v) is 13.2. The normalized spacial score (nSPS) is 16.3. The fraction of sp³-hybridized carbons (Fsp3) is 0.417. The minimum absolute atomic E-state index is 0.00117. The highest BCUT2D eigenvalue weighted by Gasteiger charge is 2.30. The number of aromatic carboxylic acids is 1. The SMILES string of the molecule is Cc1sc(CN2CC(n3cc(C(=O)O)nn3)C2)cc1Br. The maximum atomic E-state index is 10.8. The van der Waals surface area contributed by atoms with Crippen molar-refractivity contribution in [3.63, 3.8) is 0 Å². The summed E-state index contributed by atoms with van der Waals surface area (Å²) in [5.41, 5.74) is 0.00117. The topological polar surface area (TPSA) is 71.2 Å². The van der Waals surface area contributed by atoms with E-state index in [2.05, 4.69) is 44.1 Å². The molecule has 0 amide bonds. The molecule has 1 fully saturated rings. The van der Waals surface area contributed by atoms with Gasteiger partial charge in [-0.1, -0.05) is 5.21 Å². The Morgan fingerprint density at radius 2 is 2.35 bits per heavy atom. The van der Waals surface area contributed by atoms with E-state index in [1.807, 2.05) is 0 Å². The Balaban J connectivity index is 1.56. The Bertz CT molecular complexity index is 628. The molecule has 3 rings (SSSR count). The van der Waals surface area contributed by atoms with Crippen molar-refractivity contribution in [1.29, 1.82) is 0 Å². The summed E-state index contributed by atoms with van der Waals surface area (Å²) in [6, 6.07) is 2.38. The number of rotatable bonds is 4. The fourth-order valence-electron chi connectivity index (χ4n) is 2.21.